The van der Waals surface area contributed by atoms with E-state index in [0.717, 1.165) is 18.4 Å². The zero-order chi connectivity index (χ0) is 26.3. The number of carbonyl (C=O) groups excluding carboxylic acids is 1. The Kier molecular flexibility index (Phi) is 7.65. The quantitative estimate of drug-likeness (QED) is 0.395. The van der Waals surface area contributed by atoms with Gasteiger partial charge in [-0.1, -0.05) is 0 Å². The second kappa shape index (κ2) is 11.6. The molecule has 4 heterocycles. The van der Waals surface area contributed by atoms with Gasteiger partial charge in [-0.25, -0.2) is 29.7 Å². The molecule has 2 fully saturated rings. The fraction of sp³-hybridized carbons (Fsp3) is 0.417. The van der Waals surface area contributed by atoms with Crippen LogP contribution in [0.2, 0.25) is 0 Å². The van der Waals surface area contributed by atoms with Gasteiger partial charge in [0.15, 0.2) is 0 Å². The smallest absolute Gasteiger partial charge is 0.414 e. The van der Waals surface area contributed by atoms with Gasteiger partial charge in [-0.3, -0.25) is 5.32 Å². The van der Waals surface area contributed by atoms with E-state index in [1.54, 1.807) is 24.8 Å². The van der Waals surface area contributed by atoms with E-state index in [2.05, 4.69) is 51.9 Å². The number of ether oxygens (including phenoxy) is 3. The highest BCUT2D eigenvalue weighted by Crippen LogP contribution is 2.25. The van der Waals surface area contributed by atoms with Gasteiger partial charge >= 0.3 is 12.1 Å². The summed E-state index contributed by atoms with van der Waals surface area (Å²) >= 11 is 0. The molecule has 0 aromatic carbocycles. The molecular formula is C24H26N10O4. The lowest BCUT2D eigenvalue weighted by atomic mass is 9.93. The maximum atomic E-state index is 12.4. The summed E-state index contributed by atoms with van der Waals surface area (Å²) in [5, 5.41) is 18.4. The van der Waals surface area contributed by atoms with Gasteiger partial charge in [0.1, 0.15) is 23.6 Å². The standard InChI is InChI=1S/C24H26N10O4/c1-36-23-29-10-16(11-30-23)15-8-26-21(27-9-15)34-24(35)38-19-4-2-17(3-5-19)32-22-28-7-14(6-25)20(33-22)31-18-12-37-13-18/h7-11,17-19H,2-5,12-13H2,1H3,(H,26,27,34,35)(H2,28,31,32,33)/t17-,19-. The Bertz CT molecular complexity index is 1290. The number of aromatic nitrogens is 6. The molecule has 5 rings (SSSR count). The highest BCUT2D eigenvalue weighted by Gasteiger charge is 2.25. The van der Waals surface area contributed by atoms with Gasteiger partial charge in [0.25, 0.3) is 0 Å². The lowest BCUT2D eigenvalue weighted by molar-refractivity contribution is 0.0209. The van der Waals surface area contributed by atoms with Crippen LogP contribution in [-0.4, -0.2) is 74.5 Å². The molecule has 1 saturated heterocycles. The molecule has 0 radical (unpaired) electrons. The summed E-state index contributed by atoms with van der Waals surface area (Å²) in [4.78, 5) is 37.6. The van der Waals surface area contributed by atoms with Crippen LogP contribution < -0.4 is 20.7 Å². The lowest BCUT2D eigenvalue weighted by Crippen LogP contribution is -2.40. The zero-order valence-corrected chi connectivity index (χ0v) is 20.6. The van der Waals surface area contributed by atoms with E-state index < -0.39 is 6.09 Å². The van der Waals surface area contributed by atoms with Crippen molar-refractivity contribution in [1.82, 2.24) is 29.9 Å². The van der Waals surface area contributed by atoms with Gasteiger partial charge in [0, 0.05) is 42.0 Å². The first-order valence-electron chi connectivity index (χ1n) is 12.1. The molecule has 3 aromatic rings. The molecule has 0 atom stereocenters. The van der Waals surface area contributed by atoms with Gasteiger partial charge in [-0.2, -0.15) is 10.2 Å². The average Bonchev–Trinajstić information content (AvgIpc) is 2.92. The fourth-order valence-corrected chi connectivity index (χ4v) is 4.05. The number of hydrogen-bond acceptors (Lipinski definition) is 13. The maximum absolute atomic E-state index is 12.4. The summed E-state index contributed by atoms with van der Waals surface area (Å²) in [6, 6.07) is 2.65. The summed E-state index contributed by atoms with van der Waals surface area (Å²) in [6.45, 7) is 1.18. The average molecular weight is 519 g/mol. The Balaban J connectivity index is 1.08. The monoisotopic (exact) mass is 518 g/mol. The second-order valence-electron chi connectivity index (χ2n) is 8.85. The summed E-state index contributed by atoms with van der Waals surface area (Å²) < 4.78 is 15.7. The summed E-state index contributed by atoms with van der Waals surface area (Å²) in [7, 11) is 1.49. The highest BCUT2D eigenvalue weighted by molar-refractivity contribution is 5.82. The van der Waals surface area contributed by atoms with E-state index in [0.29, 0.717) is 48.9 Å². The number of rotatable bonds is 8. The number of methoxy groups -OCH3 is 1. The molecule has 2 aliphatic rings. The first-order valence-corrected chi connectivity index (χ1v) is 12.1. The van der Waals surface area contributed by atoms with E-state index in [1.807, 2.05) is 0 Å². The minimum absolute atomic E-state index is 0.128. The van der Waals surface area contributed by atoms with Crippen LogP contribution in [0.1, 0.15) is 31.2 Å². The SMILES string of the molecule is COc1ncc(-c2cnc(NC(=O)O[C@H]3CC[C@H](Nc4ncc(C#N)c(NC5COC5)n4)CC3)nc2)cn1. The maximum Gasteiger partial charge on any atom is 0.414 e. The van der Waals surface area contributed by atoms with E-state index in [1.165, 1.54) is 13.3 Å². The lowest BCUT2D eigenvalue weighted by Gasteiger charge is -2.29. The van der Waals surface area contributed by atoms with Crippen LogP contribution in [0.5, 0.6) is 6.01 Å². The van der Waals surface area contributed by atoms with Crippen molar-refractivity contribution in [2.45, 2.75) is 43.9 Å². The van der Waals surface area contributed by atoms with E-state index in [-0.39, 0.29) is 30.1 Å². The van der Waals surface area contributed by atoms with E-state index in [9.17, 15) is 10.1 Å². The number of carbonyl (C=O) groups is 1. The topological polar surface area (TPSA) is 182 Å². The molecule has 1 aliphatic heterocycles. The van der Waals surface area contributed by atoms with Crippen LogP contribution in [-0.2, 0) is 9.47 Å². The molecule has 1 aliphatic carbocycles. The van der Waals surface area contributed by atoms with Gasteiger partial charge in [-0.05, 0) is 25.7 Å². The van der Waals surface area contributed by atoms with Crippen LogP contribution in [0.25, 0.3) is 11.1 Å². The molecule has 0 unspecified atom stereocenters. The summed E-state index contributed by atoms with van der Waals surface area (Å²) in [6.07, 6.45) is 9.94. The minimum atomic E-state index is -0.604. The first kappa shape index (κ1) is 25.0. The predicted molar refractivity (Wildman–Crippen MR) is 134 cm³/mol. The Hall–Kier alpha value is -4.64. The third-order valence-corrected chi connectivity index (χ3v) is 6.18. The molecule has 14 heteroatoms. The molecule has 0 bridgehead atoms. The Labute approximate surface area is 218 Å². The number of nitriles is 1. The largest absolute Gasteiger partial charge is 0.467 e. The molecule has 38 heavy (non-hydrogen) atoms. The molecule has 14 nitrogen and oxygen atoms in total. The van der Waals surface area contributed by atoms with Crippen molar-refractivity contribution in [3.05, 3.63) is 36.5 Å². The van der Waals surface area contributed by atoms with Crippen molar-refractivity contribution >= 4 is 23.8 Å². The van der Waals surface area contributed by atoms with Crippen molar-refractivity contribution in [3.8, 4) is 23.2 Å². The molecule has 1 amide bonds. The molecule has 196 valence electrons. The predicted octanol–water partition coefficient (Wildman–Crippen LogP) is 2.39. The minimum Gasteiger partial charge on any atom is -0.467 e. The number of nitrogens with zero attached hydrogens (tertiary/aromatic N) is 7. The molecule has 1 saturated carbocycles. The van der Waals surface area contributed by atoms with Gasteiger partial charge in [0.05, 0.1) is 32.6 Å². The Morgan fingerprint density at radius 1 is 0.921 bits per heavy atom. The molecular weight excluding hydrogens is 492 g/mol. The van der Waals surface area contributed by atoms with E-state index >= 15 is 0 Å². The van der Waals surface area contributed by atoms with Gasteiger partial charge in [0.2, 0.25) is 11.9 Å². The number of amides is 1. The second-order valence-corrected chi connectivity index (χ2v) is 8.85. The Morgan fingerprint density at radius 2 is 1.58 bits per heavy atom. The van der Waals surface area contributed by atoms with Crippen molar-refractivity contribution < 1.29 is 19.0 Å². The van der Waals surface area contributed by atoms with Crippen LogP contribution in [0.15, 0.2) is 31.0 Å². The third-order valence-electron chi connectivity index (χ3n) is 6.18. The van der Waals surface area contributed by atoms with Crippen molar-refractivity contribution in [3.63, 3.8) is 0 Å². The summed E-state index contributed by atoms with van der Waals surface area (Å²) in [5.74, 6) is 1.09. The third kappa shape index (κ3) is 6.19. The highest BCUT2D eigenvalue weighted by atomic mass is 16.6. The number of nitrogens with one attached hydrogen (secondary N) is 3. The van der Waals surface area contributed by atoms with Crippen molar-refractivity contribution in [2.75, 3.05) is 36.3 Å². The zero-order valence-electron chi connectivity index (χ0n) is 20.6. The van der Waals surface area contributed by atoms with E-state index in [4.69, 9.17) is 14.2 Å². The normalized spacial score (nSPS) is 18.9. The van der Waals surface area contributed by atoms with Gasteiger partial charge < -0.3 is 24.8 Å². The summed E-state index contributed by atoms with van der Waals surface area (Å²) in [5.41, 5.74) is 1.81. The van der Waals surface area contributed by atoms with Crippen LogP contribution >= 0.6 is 0 Å². The van der Waals surface area contributed by atoms with Crippen LogP contribution in [0, 0.1) is 11.3 Å². The molecule has 3 N–H and O–H groups in total. The Morgan fingerprint density at radius 3 is 2.18 bits per heavy atom. The first-order chi connectivity index (χ1) is 18.6. The fourth-order valence-electron chi connectivity index (χ4n) is 4.05. The molecule has 3 aromatic heterocycles. The van der Waals surface area contributed by atoms with Crippen molar-refractivity contribution in [2.24, 2.45) is 0 Å². The van der Waals surface area contributed by atoms with Crippen LogP contribution in [0.4, 0.5) is 22.5 Å². The number of anilines is 3. The van der Waals surface area contributed by atoms with Crippen LogP contribution in [0.3, 0.4) is 0 Å². The van der Waals surface area contributed by atoms with Gasteiger partial charge in [-0.15, -0.1) is 0 Å². The van der Waals surface area contributed by atoms with Crippen molar-refractivity contribution in [1.29, 1.82) is 5.26 Å². The molecule has 0 spiro atoms. The number of hydrogen-bond donors (Lipinski definition) is 3.